The highest BCUT2D eigenvalue weighted by Gasteiger charge is 2.46. The Morgan fingerprint density at radius 1 is 0.764 bits per heavy atom. The SMILES string of the molecule is COc1cc(-c2oc3cc(=O)cc4oc(-c5ccc(O)cc5)cc(c2O[C@@H]2O[C@H](COC(=O)/C=C/c5ccc(O)cc5)[C@@H](O)[C@H](O)[C@H]2O)c43)cc(OC)c1O. The van der Waals surface area contributed by atoms with Crippen molar-refractivity contribution in [3.05, 3.63) is 101 Å². The Balaban J connectivity index is 1.32. The van der Waals surface area contributed by atoms with Crippen molar-refractivity contribution in [2.45, 2.75) is 30.7 Å². The number of aliphatic hydroxyl groups is 3. The van der Waals surface area contributed by atoms with E-state index in [4.69, 9.17) is 32.5 Å². The Labute approximate surface area is 311 Å². The van der Waals surface area contributed by atoms with Crippen LogP contribution in [-0.4, -0.2) is 88.1 Å². The highest BCUT2D eigenvalue weighted by Crippen LogP contribution is 2.48. The molecule has 15 nitrogen and oxygen atoms in total. The zero-order valence-electron chi connectivity index (χ0n) is 29.1. The van der Waals surface area contributed by atoms with Crippen LogP contribution in [0.25, 0.3) is 50.7 Å². The van der Waals surface area contributed by atoms with Gasteiger partial charge in [-0.05, 0) is 66.2 Å². The number of esters is 1. The van der Waals surface area contributed by atoms with Crippen LogP contribution in [0.4, 0.5) is 0 Å². The van der Waals surface area contributed by atoms with Gasteiger partial charge in [0.25, 0.3) is 0 Å². The van der Waals surface area contributed by atoms with Crippen LogP contribution in [0, 0.1) is 0 Å². The molecule has 3 heterocycles. The lowest BCUT2D eigenvalue weighted by molar-refractivity contribution is -0.278. The predicted molar refractivity (Wildman–Crippen MR) is 195 cm³/mol. The fourth-order valence-electron chi connectivity index (χ4n) is 6.13. The van der Waals surface area contributed by atoms with Crippen LogP contribution in [0.5, 0.6) is 34.5 Å². The second-order valence-corrected chi connectivity index (χ2v) is 12.5. The van der Waals surface area contributed by atoms with Crippen LogP contribution in [0.15, 0.2) is 98.6 Å². The van der Waals surface area contributed by atoms with E-state index in [9.17, 15) is 40.2 Å². The first-order chi connectivity index (χ1) is 26.4. The van der Waals surface area contributed by atoms with Gasteiger partial charge >= 0.3 is 5.97 Å². The molecule has 1 aliphatic heterocycles. The molecule has 2 aromatic heterocycles. The van der Waals surface area contributed by atoms with Gasteiger partial charge in [-0.2, -0.15) is 0 Å². The minimum absolute atomic E-state index is 0.00242. The van der Waals surface area contributed by atoms with Crippen LogP contribution in [0.3, 0.4) is 0 Å². The fraction of sp³-hybridized carbons (Fsp3) is 0.200. The third kappa shape index (κ3) is 7.36. The van der Waals surface area contributed by atoms with Crippen molar-refractivity contribution in [1.29, 1.82) is 0 Å². The number of phenolic OH excluding ortho intramolecular Hbond substituents is 3. The van der Waals surface area contributed by atoms with Crippen LogP contribution >= 0.6 is 0 Å². The largest absolute Gasteiger partial charge is 0.508 e. The number of aromatic hydroxyl groups is 3. The standard InChI is InChI=1S/C40H34O15/c1-49-29-13-21(14-30(50-2)34(29)45)38-39(25-17-26(20-6-10-23(42)11-7-20)52-27-15-24(43)16-28(53-38)33(25)27)55-40-37(48)36(47)35(46)31(54-40)18-51-32(44)12-5-19-3-8-22(41)9-4-19/h3-17,31,35-37,40-42,45-48H,18H2,1-2H3/b12-5+/t31-,35-,36+,37-,40+/m1/s1. The van der Waals surface area contributed by atoms with Crippen molar-refractivity contribution in [2.75, 3.05) is 20.8 Å². The summed E-state index contributed by atoms with van der Waals surface area (Å²) in [5.74, 6) is -1.05. The average Bonchev–Trinajstić information content (AvgIpc) is 3.18. The van der Waals surface area contributed by atoms with Crippen LogP contribution in [0.2, 0.25) is 0 Å². The summed E-state index contributed by atoms with van der Waals surface area (Å²) >= 11 is 0. The smallest absolute Gasteiger partial charge is 0.330 e. The molecule has 1 saturated heterocycles. The molecule has 4 aromatic carbocycles. The van der Waals surface area contributed by atoms with E-state index in [2.05, 4.69) is 0 Å². The number of benzene rings is 4. The van der Waals surface area contributed by atoms with Gasteiger partial charge < -0.3 is 63.2 Å². The number of hydrogen-bond donors (Lipinski definition) is 6. The fourth-order valence-corrected chi connectivity index (χ4v) is 6.13. The molecule has 0 saturated carbocycles. The Kier molecular flexibility index (Phi) is 10.1. The maximum atomic E-state index is 12.9. The summed E-state index contributed by atoms with van der Waals surface area (Å²) in [6, 6.07) is 19.0. The van der Waals surface area contributed by atoms with E-state index in [0.29, 0.717) is 11.1 Å². The monoisotopic (exact) mass is 754 g/mol. The molecule has 55 heavy (non-hydrogen) atoms. The highest BCUT2D eigenvalue weighted by atomic mass is 16.7. The summed E-state index contributed by atoms with van der Waals surface area (Å²) < 4.78 is 40.8. The average molecular weight is 755 g/mol. The summed E-state index contributed by atoms with van der Waals surface area (Å²) in [5.41, 5.74) is 1.02. The molecule has 0 bridgehead atoms. The molecule has 284 valence electrons. The molecule has 6 N–H and O–H groups in total. The number of hydrogen-bond acceptors (Lipinski definition) is 15. The Bertz CT molecular complexity index is 2420. The summed E-state index contributed by atoms with van der Waals surface area (Å²) in [4.78, 5) is 25.5. The number of carbonyl (C=O) groups excluding carboxylic acids is 1. The highest BCUT2D eigenvalue weighted by molar-refractivity contribution is 6.10. The molecule has 0 spiro atoms. The summed E-state index contributed by atoms with van der Waals surface area (Å²) in [7, 11) is 2.65. The van der Waals surface area contributed by atoms with Gasteiger partial charge in [-0.25, -0.2) is 4.79 Å². The van der Waals surface area contributed by atoms with Gasteiger partial charge in [0.05, 0.1) is 19.6 Å². The van der Waals surface area contributed by atoms with Crippen molar-refractivity contribution in [2.24, 2.45) is 0 Å². The zero-order valence-corrected chi connectivity index (χ0v) is 29.1. The molecule has 0 unspecified atom stereocenters. The number of ether oxygens (including phenoxy) is 5. The first-order valence-corrected chi connectivity index (χ1v) is 16.7. The second-order valence-electron chi connectivity index (χ2n) is 12.5. The van der Waals surface area contributed by atoms with Crippen LogP contribution < -0.4 is 19.6 Å². The zero-order chi connectivity index (χ0) is 39.0. The van der Waals surface area contributed by atoms with Gasteiger partial charge in [0.1, 0.15) is 59.4 Å². The second kappa shape index (κ2) is 15.1. The first kappa shape index (κ1) is 36.8. The molecule has 1 aliphatic rings. The van der Waals surface area contributed by atoms with Crippen molar-refractivity contribution in [1.82, 2.24) is 0 Å². The number of phenols is 3. The van der Waals surface area contributed by atoms with Gasteiger partial charge in [-0.1, -0.05) is 12.1 Å². The topological polar surface area (TPSA) is 228 Å². The Morgan fingerprint density at radius 3 is 2.02 bits per heavy atom. The summed E-state index contributed by atoms with van der Waals surface area (Å²) in [5, 5.41) is 63.6. The molecule has 1 fully saturated rings. The molecule has 15 heteroatoms. The third-order valence-electron chi connectivity index (χ3n) is 8.96. The summed E-state index contributed by atoms with van der Waals surface area (Å²) in [6.07, 6.45) is -5.98. The lowest BCUT2D eigenvalue weighted by Gasteiger charge is -2.40. The minimum Gasteiger partial charge on any atom is -0.508 e. The van der Waals surface area contributed by atoms with Crippen molar-refractivity contribution < 1.29 is 68.0 Å². The lowest BCUT2D eigenvalue weighted by atomic mass is 9.99. The van der Waals surface area contributed by atoms with E-state index in [1.54, 1.807) is 30.3 Å². The van der Waals surface area contributed by atoms with E-state index >= 15 is 0 Å². The number of aliphatic hydroxyl groups excluding tert-OH is 3. The van der Waals surface area contributed by atoms with E-state index < -0.39 is 48.7 Å². The van der Waals surface area contributed by atoms with Crippen LogP contribution in [-0.2, 0) is 14.3 Å². The molecule has 0 amide bonds. The van der Waals surface area contributed by atoms with Gasteiger partial charge in [0, 0.05) is 34.7 Å². The van der Waals surface area contributed by atoms with Crippen molar-refractivity contribution in [3.8, 4) is 57.1 Å². The van der Waals surface area contributed by atoms with Crippen molar-refractivity contribution >= 4 is 34.0 Å². The maximum Gasteiger partial charge on any atom is 0.330 e. The molecular weight excluding hydrogens is 720 g/mol. The number of rotatable bonds is 10. The third-order valence-corrected chi connectivity index (χ3v) is 8.96. The summed E-state index contributed by atoms with van der Waals surface area (Å²) in [6.45, 7) is -0.563. The molecule has 5 atom stereocenters. The van der Waals surface area contributed by atoms with Crippen molar-refractivity contribution in [3.63, 3.8) is 0 Å². The van der Waals surface area contributed by atoms with Gasteiger partial charge in [0.2, 0.25) is 12.0 Å². The Morgan fingerprint density at radius 2 is 1.38 bits per heavy atom. The van der Waals surface area contributed by atoms with Gasteiger partial charge in [0.15, 0.2) is 28.4 Å². The van der Waals surface area contributed by atoms with E-state index in [0.717, 1.165) is 6.08 Å². The normalized spacial score (nSPS) is 19.8. The molecule has 6 aromatic rings. The predicted octanol–water partition coefficient (Wildman–Crippen LogP) is 4.45. The Hall–Kier alpha value is -6.52. The minimum atomic E-state index is -1.86. The molecular formula is C40H34O15. The molecule has 0 radical (unpaired) electrons. The maximum absolute atomic E-state index is 12.9. The number of methoxy groups -OCH3 is 2. The quantitative estimate of drug-likeness (QED) is 0.0839. The molecule has 0 aliphatic carbocycles. The lowest BCUT2D eigenvalue weighted by Crippen LogP contribution is -2.60. The van der Waals surface area contributed by atoms with Gasteiger partial charge in [-0.15, -0.1) is 0 Å². The van der Waals surface area contributed by atoms with Gasteiger partial charge in [-0.3, -0.25) is 4.79 Å². The first-order valence-electron chi connectivity index (χ1n) is 16.7. The van der Waals surface area contributed by atoms with Crippen LogP contribution in [0.1, 0.15) is 5.56 Å². The van der Waals surface area contributed by atoms with E-state index in [1.165, 1.54) is 68.8 Å². The molecule has 7 rings (SSSR count). The van der Waals surface area contributed by atoms with E-state index in [1.807, 2.05) is 0 Å². The van der Waals surface area contributed by atoms with E-state index in [-0.39, 0.29) is 73.5 Å². The number of carbonyl (C=O) groups is 1.